The van der Waals surface area contributed by atoms with Gasteiger partial charge in [-0.25, -0.2) is 0 Å². The van der Waals surface area contributed by atoms with Crippen LogP contribution in [0.3, 0.4) is 0 Å². The number of carbonyl (C=O) groups excluding carboxylic acids is 1. The number of carbonyl (C=O) groups is 1. The lowest BCUT2D eigenvalue weighted by molar-refractivity contribution is -0.0498. The summed E-state index contributed by atoms with van der Waals surface area (Å²) in [6.07, 6.45) is 2.27. The summed E-state index contributed by atoms with van der Waals surface area (Å²) in [5.74, 6) is 0.426. The molecule has 1 saturated heterocycles. The minimum Gasteiger partial charge on any atom is -0.497 e. The highest BCUT2D eigenvalue weighted by Gasteiger charge is 2.24. The van der Waals surface area contributed by atoms with Crippen LogP contribution in [0.25, 0.3) is 0 Å². The second-order valence-corrected chi connectivity index (χ2v) is 6.65. The molecule has 150 valence electrons. The molecule has 1 aliphatic heterocycles. The molecule has 0 aromatic heterocycles. The molecule has 1 heterocycles. The SMILES string of the molecule is COc1ccc(C(CNC(=O)c2cccc(OC(F)F)c2)N2CCCC2)cc1. The minimum absolute atomic E-state index is 0.0334. The monoisotopic (exact) mass is 390 g/mol. The van der Waals surface area contributed by atoms with Gasteiger partial charge in [0.1, 0.15) is 11.5 Å². The van der Waals surface area contributed by atoms with Gasteiger partial charge in [0.05, 0.1) is 13.2 Å². The smallest absolute Gasteiger partial charge is 0.387 e. The maximum atomic E-state index is 12.5. The lowest BCUT2D eigenvalue weighted by Gasteiger charge is -2.28. The molecule has 0 radical (unpaired) electrons. The molecule has 0 aliphatic carbocycles. The number of likely N-dealkylation sites (tertiary alicyclic amines) is 1. The molecular formula is C21H24F2N2O3. The molecule has 28 heavy (non-hydrogen) atoms. The van der Waals surface area contributed by atoms with Crippen LogP contribution < -0.4 is 14.8 Å². The molecule has 2 aromatic carbocycles. The number of nitrogens with zero attached hydrogens (tertiary/aromatic N) is 1. The topological polar surface area (TPSA) is 50.8 Å². The van der Waals surface area contributed by atoms with Crippen LogP contribution in [0.1, 0.15) is 34.8 Å². The van der Waals surface area contributed by atoms with Gasteiger partial charge in [0, 0.05) is 12.1 Å². The lowest BCUT2D eigenvalue weighted by atomic mass is 10.0. The molecule has 3 rings (SSSR count). The average Bonchev–Trinajstić information content (AvgIpc) is 3.22. The summed E-state index contributed by atoms with van der Waals surface area (Å²) in [6, 6.07) is 13.7. The number of hydrogen-bond acceptors (Lipinski definition) is 4. The van der Waals surface area contributed by atoms with E-state index in [0.717, 1.165) is 37.2 Å². The van der Waals surface area contributed by atoms with E-state index < -0.39 is 6.61 Å². The number of alkyl halides is 2. The quantitative estimate of drug-likeness (QED) is 0.744. The summed E-state index contributed by atoms with van der Waals surface area (Å²) in [4.78, 5) is 14.9. The molecule has 1 amide bonds. The highest BCUT2D eigenvalue weighted by Crippen LogP contribution is 2.26. The van der Waals surface area contributed by atoms with Crippen molar-refractivity contribution in [2.24, 2.45) is 0 Å². The maximum absolute atomic E-state index is 12.5. The van der Waals surface area contributed by atoms with Gasteiger partial charge in [-0.1, -0.05) is 18.2 Å². The third kappa shape index (κ3) is 5.19. The molecule has 1 atom stereocenters. The van der Waals surface area contributed by atoms with Crippen molar-refractivity contribution in [2.45, 2.75) is 25.5 Å². The van der Waals surface area contributed by atoms with Crippen LogP contribution in [-0.4, -0.2) is 44.2 Å². The second kappa shape index (κ2) is 9.50. The summed E-state index contributed by atoms with van der Waals surface area (Å²) in [5, 5.41) is 2.93. The molecule has 0 spiro atoms. The molecule has 1 unspecified atom stereocenters. The molecule has 1 fully saturated rings. The molecule has 7 heteroatoms. The summed E-state index contributed by atoms with van der Waals surface area (Å²) >= 11 is 0. The van der Waals surface area contributed by atoms with Crippen LogP contribution in [0, 0.1) is 0 Å². The zero-order valence-electron chi connectivity index (χ0n) is 15.7. The number of hydrogen-bond donors (Lipinski definition) is 1. The summed E-state index contributed by atoms with van der Waals surface area (Å²) in [6.45, 7) is -0.549. The highest BCUT2D eigenvalue weighted by atomic mass is 19.3. The Kier molecular flexibility index (Phi) is 6.81. The predicted molar refractivity (Wildman–Crippen MR) is 102 cm³/mol. The largest absolute Gasteiger partial charge is 0.497 e. The van der Waals surface area contributed by atoms with Crippen molar-refractivity contribution in [3.05, 3.63) is 59.7 Å². The van der Waals surface area contributed by atoms with Crippen molar-refractivity contribution >= 4 is 5.91 Å². The van der Waals surface area contributed by atoms with Crippen molar-refractivity contribution in [1.29, 1.82) is 0 Å². The van der Waals surface area contributed by atoms with Crippen LogP contribution in [0.5, 0.6) is 11.5 Å². The van der Waals surface area contributed by atoms with E-state index in [9.17, 15) is 13.6 Å². The van der Waals surface area contributed by atoms with E-state index in [1.165, 1.54) is 18.2 Å². The Hall–Kier alpha value is -2.67. The molecular weight excluding hydrogens is 366 g/mol. The molecule has 5 nitrogen and oxygen atoms in total. The van der Waals surface area contributed by atoms with E-state index in [0.29, 0.717) is 6.54 Å². The molecule has 2 aromatic rings. The summed E-state index contributed by atoms with van der Waals surface area (Å²) < 4.78 is 34.4. The van der Waals surface area contributed by atoms with E-state index in [-0.39, 0.29) is 23.3 Å². The first-order valence-corrected chi connectivity index (χ1v) is 9.28. The van der Waals surface area contributed by atoms with Gasteiger partial charge < -0.3 is 14.8 Å². The van der Waals surface area contributed by atoms with Gasteiger partial charge >= 0.3 is 6.61 Å². The Morgan fingerprint density at radius 3 is 2.46 bits per heavy atom. The molecule has 0 saturated carbocycles. The van der Waals surface area contributed by atoms with Gasteiger partial charge in [0.15, 0.2) is 0 Å². The Morgan fingerprint density at radius 1 is 1.11 bits per heavy atom. The fourth-order valence-corrected chi connectivity index (χ4v) is 3.44. The van der Waals surface area contributed by atoms with Crippen LogP contribution >= 0.6 is 0 Å². The number of nitrogens with one attached hydrogen (secondary N) is 1. The standard InChI is InChI=1S/C21H24F2N2O3/c1-27-17-9-7-15(8-10-17)19(25-11-2-3-12-25)14-24-20(26)16-5-4-6-18(13-16)28-21(22)23/h4-10,13,19,21H,2-3,11-12,14H2,1H3,(H,24,26). The summed E-state index contributed by atoms with van der Waals surface area (Å²) in [7, 11) is 1.62. The fourth-order valence-electron chi connectivity index (χ4n) is 3.44. The Bertz CT molecular complexity index is 777. The zero-order chi connectivity index (χ0) is 19.9. The van der Waals surface area contributed by atoms with Crippen molar-refractivity contribution in [3.63, 3.8) is 0 Å². The first-order chi connectivity index (χ1) is 13.6. The predicted octanol–water partition coefficient (Wildman–Crippen LogP) is 3.86. The van der Waals surface area contributed by atoms with Gasteiger partial charge in [-0.2, -0.15) is 8.78 Å². The van der Waals surface area contributed by atoms with Gasteiger partial charge in [-0.05, 0) is 61.8 Å². The van der Waals surface area contributed by atoms with Crippen LogP contribution in [-0.2, 0) is 0 Å². The first kappa shape index (κ1) is 20.1. The van der Waals surface area contributed by atoms with E-state index in [1.54, 1.807) is 13.2 Å². The van der Waals surface area contributed by atoms with E-state index in [4.69, 9.17) is 4.74 Å². The van der Waals surface area contributed by atoms with Gasteiger partial charge in [0.2, 0.25) is 0 Å². The molecule has 1 N–H and O–H groups in total. The Balaban J connectivity index is 1.69. The minimum atomic E-state index is -2.92. The van der Waals surface area contributed by atoms with E-state index >= 15 is 0 Å². The molecule has 0 bridgehead atoms. The van der Waals surface area contributed by atoms with Gasteiger partial charge in [-0.3, -0.25) is 9.69 Å². The third-order valence-electron chi connectivity index (χ3n) is 4.86. The van der Waals surface area contributed by atoms with Crippen molar-refractivity contribution in [3.8, 4) is 11.5 Å². The third-order valence-corrected chi connectivity index (χ3v) is 4.86. The van der Waals surface area contributed by atoms with Gasteiger partial charge in [0.25, 0.3) is 5.91 Å². The van der Waals surface area contributed by atoms with Crippen LogP contribution in [0.15, 0.2) is 48.5 Å². The number of rotatable bonds is 8. The van der Waals surface area contributed by atoms with E-state index in [1.807, 2.05) is 24.3 Å². The van der Waals surface area contributed by atoms with Gasteiger partial charge in [-0.15, -0.1) is 0 Å². The Labute approximate surface area is 163 Å². The number of methoxy groups -OCH3 is 1. The first-order valence-electron chi connectivity index (χ1n) is 9.28. The normalized spacial score (nSPS) is 15.4. The van der Waals surface area contributed by atoms with Crippen LogP contribution in [0.4, 0.5) is 8.78 Å². The lowest BCUT2D eigenvalue weighted by Crippen LogP contribution is -2.36. The highest BCUT2D eigenvalue weighted by molar-refractivity contribution is 5.94. The van der Waals surface area contributed by atoms with Crippen molar-refractivity contribution in [2.75, 3.05) is 26.7 Å². The number of benzene rings is 2. The molecule has 1 aliphatic rings. The number of halogens is 2. The number of ether oxygens (including phenoxy) is 2. The second-order valence-electron chi connectivity index (χ2n) is 6.65. The maximum Gasteiger partial charge on any atom is 0.387 e. The fraction of sp³-hybridized carbons (Fsp3) is 0.381. The Morgan fingerprint density at radius 2 is 1.82 bits per heavy atom. The van der Waals surface area contributed by atoms with Crippen LogP contribution in [0.2, 0.25) is 0 Å². The van der Waals surface area contributed by atoms with Crippen molar-refractivity contribution in [1.82, 2.24) is 10.2 Å². The number of amides is 1. The zero-order valence-corrected chi connectivity index (χ0v) is 15.7. The van der Waals surface area contributed by atoms with E-state index in [2.05, 4.69) is 15.0 Å². The average molecular weight is 390 g/mol. The van der Waals surface area contributed by atoms with Crippen molar-refractivity contribution < 1.29 is 23.0 Å². The summed E-state index contributed by atoms with van der Waals surface area (Å²) in [5.41, 5.74) is 1.38.